The van der Waals surface area contributed by atoms with Crippen LogP contribution in [0.5, 0.6) is 0 Å². The summed E-state index contributed by atoms with van der Waals surface area (Å²) in [5.41, 5.74) is 2.43. The van der Waals surface area contributed by atoms with Gasteiger partial charge in [-0.05, 0) is 85.2 Å². The van der Waals surface area contributed by atoms with Gasteiger partial charge in [0.25, 0.3) is 0 Å². The summed E-state index contributed by atoms with van der Waals surface area (Å²) in [7, 11) is 0. The third kappa shape index (κ3) is 5.90. The molecule has 0 saturated heterocycles. The van der Waals surface area contributed by atoms with E-state index in [9.17, 15) is 0 Å². The number of unbranched alkanes of at least 4 members (excludes halogenated alkanes) is 6. The number of hydrogen-bond acceptors (Lipinski definition) is 2. The molecule has 1 saturated carbocycles. The lowest BCUT2D eigenvalue weighted by Gasteiger charge is -2.28. The third-order valence-corrected chi connectivity index (χ3v) is 8.29. The summed E-state index contributed by atoms with van der Waals surface area (Å²) < 4.78 is 21.7. The minimum absolute atomic E-state index is 0.227. The summed E-state index contributed by atoms with van der Waals surface area (Å²) in [6, 6.07) is 10.6. The molecular formula is C31H41FOS. The van der Waals surface area contributed by atoms with Crippen molar-refractivity contribution in [3.63, 3.8) is 0 Å². The van der Waals surface area contributed by atoms with E-state index in [1.165, 1.54) is 76.2 Å². The van der Waals surface area contributed by atoms with Crippen molar-refractivity contribution in [2.24, 2.45) is 5.92 Å². The Morgan fingerprint density at radius 2 is 1.53 bits per heavy atom. The highest BCUT2D eigenvalue weighted by Crippen LogP contribution is 2.39. The summed E-state index contributed by atoms with van der Waals surface area (Å²) in [4.78, 5) is 0. The maximum absolute atomic E-state index is 15.4. The molecule has 0 atom stereocenters. The highest BCUT2D eigenvalue weighted by atomic mass is 32.1. The van der Waals surface area contributed by atoms with Gasteiger partial charge in [0.15, 0.2) is 16.1 Å². The molecule has 0 spiro atoms. The number of aryl methyl sites for hydroxylation is 1. The molecular weight excluding hydrogens is 439 g/mol. The first-order valence-corrected chi connectivity index (χ1v) is 14.2. The van der Waals surface area contributed by atoms with Gasteiger partial charge >= 0.3 is 0 Å². The Hall–Kier alpha value is -1.74. The van der Waals surface area contributed by atoms with Crippen LogP contribution in [0.25, 0.3) is 21.7 Å². The second-order valence-electron chi connectivity index (χ2n) is 10.5. The van der Waals surface area contributed by atoms with Crippen LogP contribution in [0, 0.1) is 16.4 Å². The molecule has 4 rings (SSSR count). The standard InChI is InChI=1S/C31H41FOS/c1-3-5-6-7-8-9-10-12-24-17-20-27-26-19-18-25(23-15-13-22(11-4-2)14-16-23)21-28(26)31(34)33-30(27)29(24)32/h17-23H,3-16H2,1-2H3. The summed E-state index contributed by atoms with van der Waals surface area (Å²) in [6.45, 7) is 4.53. The van der Waals surface area contributed by atoms with E-state index in [0.717, 1.165) is 46.9 Å². The zero-order chi connectivity index (χ0) is 23.9. The van der Waals surface area contributed by atoms with Gasteiger partial charge in [-0.15, -0.1) is 0 Å². The Morgan fingerprint density at radius 3 is 2.26 bits per heavy atom. The number of rotatable bonds is 11. The van der Waals surface area contributed by atoms with E-state index in [1.807, 2.05) is 12.1 Å². The van der Waals surface area contributed by atoms with Gasteiger partial charge in [-0.3, -0.25) is 0 Å². The van der Waals surface area contributed by atoms with Gasteiger partial charge in [-0.1, -0.05) is 89.5 Å². The van der Waals surface area contributed by atoms with Crippen LogP contribution < -0.4 is 0 Å². The largest absolute Gasteiger partial charge is 0.441 e. The van der Waals surface area contributed by atoms with Gasteiger partial charge in [-0.25, -0.2) is 4.39 Å². The normalized spacial score (nSPS) is 18.7. The van der Waals surface area contributed by atoms with Crippen molar-refractivity contribution in [1.29, 1.82) is 0 Å². The van der Waals surface area contributed by atoms with Crippen molar-refractivity contribution in [3.05, 3.63) is 52.0 Å². The summed E-state index contributed by atoms with van der Waals surface area (Å²) in [5, 5.41) is 2.80. The van der Waals surface area contributed by atoms with E-state index in [0.29, 0.717) is 16.2 Å². The third-order valence-electron chi connectivity index (χ3n) is 7.99. The van der Waals surface area contributed by atoms with E-state index in [2.05, 4.69) is 32.0 Å². The van der Waals surface area contributed by atoms with Crippen LogP contribution in [0.15, 0.2) is 34.7 Å². The van der Waals surface area contributed by atoms with Gasteiger partial charge < -0.3 is 4.42 Å². The first-order valence-electron chi connectivity index (χ1n) is 13.8. The molecule has 3 heteroatoms. The van der Waals surface area contributed by atoms with Crippen LogP contribution in [0.3, 0.4) is 0 Å². The van der Waals surface area contributed by atoms with Crippen molar-refractivity contribution in [2.75, 3.05) is 0 Å². The summed E-state index contributed by atoms with van der Waals surface area (Å²) in [5.74, 6) is 1.27. The van der Waals surface area contributed by atoms with Crippen molar-refractivity contribution in [2.45, 2.75) is 110 Å². The molecule has 0 N–H and O–H groups in total. The molecule has 184 valence electrons. The van der Waals surface area contributed by atoms with Crippen molar-refractivity contribution >= 4 is 34.0 Å². The SMILES string of the molecule is CCCCCCCCCc1ccc2c(oc(=S)c3cc(C4CCC(CCC)CC4)ccc32)c1F. The van der Waals surface area contributed by atoms with Crippen LogP contribution in [0.2, 0.25) is 0 Å². The van der Waals surface area contributed by atoms with Crippen LogP contribution in [-0.2, 0) is 6.42 Å². The fourth-order valence-corrected chi connectivity index (χ4v) is 6.19. The Kier molecular flexibility index (Phi) is 9.17. The Bertz CT molecular complexity index is 1140. The lowest BCUT2D eigenvalue weighted by atomic mass is 9.77. The van der Waals surface area contributed by atoms with Crippen LogP contribution >= 0.6 is 12.2 Å². The number of halogens is 1. The molecule has 1 aromatic heterocycles. The van der Waals surface area contributed by atoms with E-state index >= 15 is 4.39 Å². The van der Waals surface area contributed by atoms with Crippen LogP contribution in [0.4, 0.5) is 4.39 Å². The Labute approximate surface area is 210 Å². The molecule has 0 amide bonds. The maximum atomic E-state index is 15.4. The number of benzene rings is 2. The molecule has 1 aliphatic rings. The van der Waals surface area contributed by atoms with Crippen molar-refractivity contribution in [3.8, 4) is 0 Å². The quantitative estimate of drug-likeness (QED) is 0.154. The molecule has 0 unspecified atom stereocenters. The Balaban J connectivity index is 1.50. The predicted octanol–water partition coefficient (Wildman–Crippen LogP) is 10.8. The molecule has 2 aromatic carbocycles. The fourth-order valence-electron chi connectivity index (χ4n) is 5.93. The second kappa shape index (κ2) is 12.3. The van der Waals surface area contributed by atoms with E-state index in [4.69, 9.17) is 16.6 Å². The lowest BCUT2D eigenvalue weighted by molar-refractivity contribution is 0.308. The molecule has 34 heavy (non-hydrogen) atoms. The fraction of sp³-hybridized carbons (Fsp3) is 0.581. The zero-order valence-electron chi connectivity index (χ0n) is 21.1. The van der Waals surface area contributed by atoms with E-state index in [-0.39, 0.29) is 5.82 Å². The average molecular weight is 481 g/mol. The monoisotopic (exact) mass is 480 g/mol. The average Bonchev–Trinajstić information content (AvgIpc) is 2.86. The molecule has 0 bridgehead atoms. The van der Waals surface area contributed by atoms with Gasteiger partial charge in [0.05, 0.1) is 0 Å². The topological polar surface area (TPSA) is 13.1 Å². The van der Waals surface area contributed by atoms with Gasteiger partial charge in [0.2, 0.25) is 0 Å². The first-order chi connectivity index (χ1) is 16.6. The first kappa shape index (κ1) is 25.4. The van der Waals surface area contributed by atoms with E-state index in [1.54, 1.807) is 0 Å². The molecule has 1 fully saturated rings. The van der Waals surface area contributed by atoms with Gasteiger partial charge in [0, 0.05) is 10.8 Å². The molecule has 1 nitrogen and oxygen atoms in total. The molecule has 0 aliphatic heterocycles. The summed E-state index contributed by atoms with van der Waals surface area (Å²) in [6.07, 6.45) is 17.2. The highest BCUT2D eigenvalue weighted by molar-refractivity contribution is 7.71. The molecule has 0 radical (unpaired) electrons. The van der Waals surface area contributed by atoms with Gasteiger partial charge in [0.1, 0.15) is 0 Å². The second-order valence-corrected chi connectivity index (χ2v) is 10.9. The van der Waals surface area contributed by atoms with Gasteiger partial charge in [-0.2, -0.15) is 0 Å². The number of hydrogen-bond donors (Lipinski definition) is 0. The highest BCUT2D eigenvalue weighted by Gasteiger charge is 2.22. The smallest absolute Gasteiger partial charge is 0.198 e. The van der Waals surface area contributed by atoms with Crippen molar-refractivity contribution < 1.29 is 8.81 Å². The van der Waals surface area contributed by atoms with Crippen LogP contribution in [0.1, 0.15) is 114 Å². The minimum Gasteiger partial charge on any atom is -0.441 e. The van der Waals surface area contributed by atoms with E-state index < -0.39 is 0 Å². The Morgan fingerprint density at radius 1 is 0.824 bits per heavy atom. The number of fused-ring (bicyclic) bond motifs is 3. The lowest BCUT2D eigenvalue weighted by Crippen LogP contribution is -2.13. The predicted molar refractivity (Wildman–Crippen MR) is 146 cm³/mol. The summed E-state index contributed by atoms with van der Waals surface area (Å²) >= 11 is 5.62. The zero-order valence-corrected chi connectivity index (χ0v) is 22.0. The molecule has 1 heterocycles. The van der Waals surface area contributed by atoms with Crippen LogP contribution in [-0.4, -0.2) is 0 Å². The van der Waals surface area contributed by atoms with Crippen molar-refractivity contribution in [1.82, 2.24) is 0 Å². The minimum atomic E-state index is -0.227. The molecule has 1 aliphatic carbocycles. The molecule has 3 aromatic rings. The maximum Gasteiger partial charge on any atom is 0.198 e.